The monoisotopic (exact) mass is 393 g/mol. The van der Waals surface area contributed by atoms with Gasteiger partial charge in [0.05, 0.1) is 12.5 Å². The molecule has 2 heterocycles. The Labute approximate surface area is 160 Å². The lowest BCUT2D eigenvalue weighted by Crippen LogP contribution is -2.52. The number of rotatable bonds is 5. The number of ether oxygens (including phenoxy) is 1. The minimum Gasteiger partial charge on any atom is -0.466 e. The van der Waals surface area contributed by atoms with E-state index in [9.17, 15) is 14.9 Å². The molecule has 3 fully saturated rings. The number of carbonyl (C=O) groups is 1. The number of nitrogens with one attached hydrogen (secondary N) is 1. The highest BCUT2D eigenvalue weighted by Gasteiger charge is 2.48. The van der Waals surface area contributed by atoms with Crippen molar-refractivity contribution in [2.45, 2.75) is 38.6 Å². The van der Waals surface area contributed by atoms with E-state index < -0.39 is 4.92 Å². The molecule has 3 aliphatic rings. The number of hydrogen-bond donors (Lipinski definition) is 1. The highest BCUT2D eigenvalue weighted by Crippen LogP contribution is 2.47. The van der Waals surface area contributed by atoms with Crippen LogP contribution in [0.25, 0.3) is 5.52 Å². The van der Waals surface area contributed by atoms with Crippen LogP contribution in [0, 0.1) is 27.9 Å². The Morgan fingerprint density at radius 1 is 1.37 bits per heavy atom. The van der Waals surface area contributed by atoms with Crippen molar-refractivity contribution in [1.29, 1.82) is 0 Å². The van der Waals surface area contributed by atoms with Gasteiger partial charge in [0.1, 0.15) is 0 Å². The van der Waals surface area contributed by atoms with Gasteiger partial charge in [-0.25, -0.2) is 0 Å². The molecule has 9 nitrogen and oxygen atoms in total. The van der Waals surface area contributed by atoms with Gasteiger partial charge in [-0.05, 0) is 72.1 Å². The van der Waals surface area contributed by atoms with Crippen molar-refractivity contribution < 1.29 is 14.5 Å². The number of nitrogens with zero attached hydrogens (tertiary/aromatic N) is 4. The molecular weight excluding hydrogens is 374 g/mol. The number of hydrogen-bond acceptors (Lipinski definition) is 7. The van der Waals surface area contributed by atoms with E-state index in [2.05, 4.69) is 15.4 Å². The first-order valence-electron chi connectivity index (χ1n) is 9.12. The standard InChI is InChI=1S/C17H20ClN5O4/c1-2-27-16(24)13-9-3-5-10(6-4-9)14(13)19-15-11-7-8-12(23(25)26)22(11)21-17(18)20-15/h7-10,13-14H,2-6H2,1H3,(H,19,20,21)/t9-,10+,13-,14-/m0/s1. The molecule has 2 aromatic rings. The van der Waals surface area contributed by atoms with E-state index in [4.69, 9.17) is 16.3 Å². The van der Waals surface area contributed by atoms with Crippen LogP contribution in [0.2, 0.25) is 5.28 Å². The fourth-order valence-electron chi connectivity index (χ4n) is 4.59. The normalized spacial score (nSPS) is 26.9. The third-order valence-electron chi connectivity index (χ3n) is 5.73. The molecule has 3 aliphatic carbocycles. The topological polar surface area (TPSA) is 112 Å². The first-order chi connectivity index (χ1) is 13.0. The van der Waals surface area contributed by atoms with Crippen LogP contribution >= 0.6 is 11.6 Å². The van der Waals surface area contributed by atoms with Crippen LogP contribution < -0.4 is 5.32 Å². The molecule has 0 aromatic carbocycles. The van der Waals surface area contributed by atoms with Crippen molar-refractivity contribution in [3.05, 3.63) is 27.5 Å². The van der Waals surface area contributed by atoms with Crippen LogP contribution in [-0.2, 0) is 9.53 Å². The number of anilines is 1. The van der Waals surface area contributed by atoms with Crippen molar-refractivity contribution >= 4 is 34.7 Å². The number of fused-ring (bicyclic) bond motifs is 4. The van der Waals surface area contributed by atoms with Crippen molar-refractivity contribution in [3.8, 4) is 0 Å². The molecule has 0 radical (unpaired) electrons. The van der Waals surface area contributed by atoms with Gasteiger partial charge in [0, 0.05) is 12.1 Å². The van der Waals surface area contributed by atoms with E-state index >= 15 is 0 Å². The summed E-state index contributed by atoms with van der Waals surface area (Å²) in [5.74, 6) is 0.363. The summed E-state index contributed by atoms with van der Waals surface area (Å²) in [4.78, 5) is 27.5. The minimum atomic E-state index is -0.524. The Morgan fingerprint density at radius 3 is 2.74 bits per heavy atom. The average Bonchev–Trinajstić information content (AvgIpc) is 3.07. The van der Waals surface area contributed by atoms with E-state index in [0.29, 0.717) is 23.9 Å². The molecule has 0 amide bonds. The second kappa shape index (κ2) is 6.95. The van der Waals surface area contributed by atoms with E-state index in [0.717, 1.165) is 30.2 Å². The Morgan fingerprint density at radius 2 is 2.07 bits per heavy atom. The second-order valence-corrected chi connectivity index (χ2v) is 7.44. The lowest BCUT2D eigenvalue weighted by Gasteiger charge is -2.47. The predicted molar refractivity (Wildman–Crippen MR) is 97.6 cm³/mol. The maximum atomic E-state index is 12.6. The van der Waals surface area contributed by atoms with E-state index in [-0.39, 0.29) is 34.9 Å². The zero-order valence-corrected chi connectivity index (χ0v) is 15.6. The second-order valence-electron chi connectivity index (χ2n) is 7.10. The minimum absolute atomic E-state index is 0.0991. The molecule has 1 N–H and O–H groups in total. The Kier molecular flexibility index (Phi) is 4.63. The van der Waals surface area contributed by atoms with Crippen molar-refractivity contribution in [3.63, 3.8) is 0 Å². The summed E-state index contributed by atoms with van der Waals surface area (Å²) in [6, 6.07) is 2.80. The van der Waals surface area contributed by atoms with Gasteiger partial charge in [-0.2, -0.15) is 4.98 Å². The number of aromatic nitrogens is 3. The van der Waals surface area contributed by atoms with E-state index in [1.807, 2.05) is 0 Å². The molecule has 3 saturated carbocycles. The van der Waals surface area contributed by atoms with Crippen molar-refractivity contribution in [2.75, 3.05) is 11.9 Å². The lowest BCUT2D eigenvalue weighted by atomic mass is 9.61. The van der Waals surface area contributed by atoms with Crippen LogP contribution in [0.1, 0.15) is 32.6 Å². The van der Waals surface area contributed by atoms with Gasteiger partial charge in [0.15, 0.2) is 11.3 Å². The summed E-state index contributed by atoms with van der Waals surface area (Å²) in [7, 11) is 0. The highest BCUT2D eigenvalue weighted by molar-refractivity contribution is 6.28. The third kappa shape index (κ3) is 3.09. The Hall–Kier alpha value is -2.42. The zero-order chi connectivity index (χ0) is 19.1. The van der Waals surface area contributed by atoms with Gasteiger partial charge >= 0.3 is 11.8 Å². The molecule has 10 heteroatoms. The van der Waals surface area contributed by atoms with Crippen LogP contribution in [0.3, 0.4) is 0 Å². The largest absolute Gasteiger partial charge is 0.466 e. The smallest absolute Gasteiger partial charge is 0.348 e. The fraction of sp³-hybridized carbons (Fsp3) is 0.588. The number of halogens is 1. The summed E-state index contributed by atoms with van der Waals surface area (Å²) in [5, 5.41) is 18.4. The maximum Gasteiger partial charge on any atom is 0.348 e. The van der Waals surface area contributed by atoms with Crippen molar-refractivity contribution in [2.24, 2.45) is 17.8 Å². The van der Waals surface area contributed by atoms with Gasteiger partial charge in [-0.1, -0.05) is 4.52 Å². The van der Waals surface area contributed by atoms with Crippen LogP contribution in [0.4, 0.5) is 11.6 Å². The summed E-state index contributed by atoms with van der Waals surface area (Å²) >= 11 is 6.01. The molecule has 0 unspecified atom stereocenters. The number of nitro groups is 1. The number of esters is 1. The molecule has 0 spiro atoms. The Balaban J connectivity index is 1.71. The molecule has 144 valence electrons. The van der Waals surface area contributed by atoms with Crippen LogP contribution in [0.5, 0.6) is 0 Å². The molecule has 2 aromatic heterocycles. The van der Waals surface area contributed by atoms with Crippen LogP contribution in [-0.4, -0.2) is 38.1 Å². The van der Waals surface area contributed by atoms with Gasteiger partial charge in [-0.15, -0.1) is 0 Å². The van der Waals surface area contributed by atoms with Gasteiger partial charge in [0.2, 0.25) is 0 Å². The molecule has 0 aliphatic heterocycles. The molecule has 0 saturated heterocycles. The van der Waals surface area contributed by atoms with E-state index in [1.54, 1.807) is 13.0 Å². The van der Waals surface area contributed by atoms with Crippen LogP contribution in [0.15, 0.2) is 12.1 Å². The zero-order valence-electron chi connectivity index (χ0n) is 14.8. The SMILES string of the molecule is CCOC(=O)[C@H]1[C@H]2CC[C@H](CC2)[C@@H]1Nc1nc(Cl)nn2c([N+](=O)[O-])ccc12. The summed E-state index contributed by atoms with van der Waals surface area (Å²) < 4.78 is 6.48. The van der Waals surface area contributed by atoms with Gasteiger partial charge < -0.3 is 20.2 Å². The first kappa shape index (κ1) is 18.0. The number of carbonyl (C=O) groups excluding carboxylic acids is 1. The predicted octanol–water partition coefficient (Wildman–Crippen LogP) is 3.07. The lowest BCUT2D eigenvalue weighted by molar-refractivity contribution is -0.390. The summed E-state index contributed by atoms with van der Waals surface area (Å²) in [5.41, 5.74) is 0.454. The molecule has 5 rings (SSSR count). The van der Waals surface area contributed by atoms with E-state index in [1.165, 1.54) is 6.07 Å². The fourth-order valence-corrected chi connectivity index (χ4v) is 4.75. The molecule has 2 bridgehead atoms. The molecular formula is C17H20ClN5O4. The molecule has 27 heavy (non-hydrogen) atoms. The summed E-state index contributed by atoms with van der Waals surface area (Å²) in [6.45, 7) is 2.14. The molecule has 2 atom stereocenters. The van der Waals surface area contributed by atoms with Crippen molar-refractivity contribution in [1.82, 2.24) is 14.6 Å². The van der Waals surface area contributed by atoms with Gasteiger partial charge in [0.25, 0.3) is 5.28 Å². The quantitative estimate of drug-likeness (QED) is 0.472. The van der Waals surface area contributed by atoms with Gasteiger partial charge in [-0.3, -0.25) is 4.79 Å². The maximum absolute atomic E-state index is 12.6. The third-order valence-corrected chi connectivity index (χ3v) is 5.89. The summed E-state index contributed by atoms with van der Waals surface area (Å²) in [6.07, 6.45) is 4.11. The average molecular weight is 394 g/mol. The Bertz CT molecular complexity index is 893. The first-order valence-corrected chi connectivity index (χ1v) is 9.50. The highest BCUT2D eigenvalue weighted by atomic mass is 35.5.